The quantitative estimate of drug-likeness (QED) is 0.806. The molecule has 5 heteroatoms. The summed E-state index contributed by atoms with van der Waals surface area (Å²) in [6.07, 6.45) is 3.37. The predicted molar refractivity (Wildman–Crippen MR) is 63.8 cm³/mol. The maximum Gasteiger partial charge on any atom is 0.355 e. The van der Waals surface area contributed by atoms with Crippen LogP contribution in [0, 0.1) is 0 Å². The van der Waals surface area contributed by atoms with E-state index in [-0.39, 0.29) is 12.1 Å². The molecule has 0 saturated carbocycles. The molecule has 2 rings (SSSR count). The standard InChI is InChI=1S/C12H18N2O3/c1-2-4-14-7-9(13)6-11(14)12(15)17-10-3-5-16-8-10/h6-7,10H,2-5,8,13H2,1H3. The second-order valence-corrected chi connectivity index (χ2v) is 4.24. The second kappa shape index (κ2) is 5.23. The first-order chi connectivity index (χ1) is 8.20. The zero-order valence-corrected chi connectivity index (χ0v) is 10.0. The van der Waals surface area contributed by atoms with E-state index in [1.165, 1.54) is 0 Å². The van der Waals surface area contributed by atoms with Gasteiger partial charge in [-0.3, -0.25) is 0 Å². The van der Waals surface area contributed by atoms with Crippen LogP contribution >= 0.6 is 0 Å². The number of nitrogen functional groups attached to an aromatic ring is 1. The fourth-order valence-electron chi connectivity index (χ4n) is 1.95. The van der Waals surface area contributed by atoms with Gasteiger partial charge in [-0.2, -0.15) is 0 Å². The molecule has 1 saturated heterocycles. The number of aromatic nitrogens is 1. The number of ether oxygens (including phenoxy) is 2. The van der Waals surface area contributed by atoms with E-state index < -0.39 is 0 Å². The van der Waals surface area contributed by atoms with E-state index in [9.17, 15) is 4.79 Å². The SMILES string of the molecule is CCCn1cc(N)cc1C(=O)OC1CCOC1. The van der Waals surface area contributed by atoms with Crippen LogP contribution in [0.15, 0.2) is 12.3 Å². The third-order valence-corrected chi connectivity index (χ3v) is 2.75. The molecule has 1 atom stereocenters. The molecule has 0 aromatic carbocycles. The van der Waals surface area contributed by atoms with E-state index >= 15 is 0 Å². The Kier molecular flexibility index (Phi) is 3.68. The summed E-state index contributed by atoms with van der Waals surface area (Å²) in [7, 11) is 0. The summed E-state index contributed by atoms with van der Waals surface area (Å²) >= 11 is 0. The van der Waals surface area contributed by atoms with Gasteiger partial charge in [-0.15, -0.1) is 0 Å². The molecule has 0 radical (unpaired) electrons. The zero-order valence-electron chi connectivity index (χ0n) is 10.0. The van der Waals surface area contributed by atoms with Gasteiger partial charge in [0.05, 0.1) is 18.9 Å². The fraction of sp³-hybridized carbons (Fsp3) is 0.583. The van der Waals surface area contributed by atoms with Crippen LogP contribution in [0.3, 0.4) is 0 Å². The minimum atomic E-state index is -0.314. The maximum absolute atomic E-state index is 12.0. The number of anilines is 1. The summed E-state index contributed by atoms with van der Waals surface area (Å²) < 4.78 is 12.4. The molecule has 1 unspecified atom stereocenters. The van der Waals surface area contributed by atoms with Gasteiger partial charge in [0, 0.05) is 19.2 Å². The van der Waals surface area contributed by atoms with Crippen molar-refractivity contribution >= 4 is 11.7 Å². The molecule has 2 heterocycles. The Balaban J connectivity index is 2.06. The zero-order chi connectivity index (χ0) is 12.3. The predicted octanol–water partition coefficient (Wildman–Crippen LogP) is 1.43. The molecule has 0 bridgehead atoms. The summed E-state index contributed by atoms with van der Waals surface area (Å²) in [6.45, 7) is 3.98. The Labute approximate surface area is 100 Å². The highest BCUT2D eigenvalue weighted by molar-refractivity contribution is 5.89. The highest BCUT2D eigenvalue weighted by Crippen LogP contribution is 2.16. The summed E-state index contributed by atoms with van der Waals surface area (Å²) in [5, 5.41) is 0. The molecule has 1 aliphatic rings. The first kappa shape index (κ1) is 12.0. The van der Waals surface area contributed by atoms with Crippen molar-refractivity contribution in [3.8, 4) is 0 Å². The molecule has 1 aromatic rings. The van der Waals surface area contributed by atoms with Crippen LogP contribution in [-0.2, 0) is 16.0 Å². The van der Waals surface area contributed by atoms with E-state index in [1.54, 1.807) is 12.3 Å². The molecule has 17 heavy (non-hydrogen) atoms. The van der Waals surface area contributed by atoms with Crippen molar-refractivity contribution in [2.45, 2.75) is 32.4 Å². The van der Waals surface area contributed by atoms with E-state index in [1.807, 2.05) is 4.57 Å². The minimum absolute atomic E-state index is 0.117. The average Bonchev–Trinajstić information content (AvgIpc) is 2.88. The Morgan fingerprint density at radius 3 is 3.18 bits per heavy atom. The molecule has 0 amide bonds. The first-order valence-corrected chi connectivity index (χ1v) is 5.95. The Morgan fingerprint density at radius 1 is 1.71 bits per heavy atom. The van der Waals surface area contributed by atoms with Crippen LogP contribution in [0.5, 0.6) is 0 Å². The van der Waals surface area contributed by atoms with Gasteiger partial charge in [0.1, 0.15) is 11.8 Å². The number of carbonyl (C=O) groups excluding carboxylic acids is 1. The van der Waals surface area contributed by atoms with E-state index in [4.69, 9.17) is 15.2 Å². The molecule has 1 fully saturated rings. The summed E-state index contributed by atoms with van der Waals surface area (Å²) in [5.74, 6) is -0.314. The van der Waals surface area contributed by atoms with Crippen LogP contribution < -0.4 is 5.73 Å². The number of esters is 1. The summed E-state index contributed by atoms with van der Waals surface area (Å²) in [4.78, 5) is 12.0. The van der Waals surface area contributed by atoms with Crippen molar-refractivity contribution in [3.63, 3.8) is 0 Å². The highest BCUT2D eigenvalue weighted by Gasteiger charge is 2.22. The van der Waals surface area contributed by atoms with Gasteiger partial charge in [0.2, 0.25) is 0 Å². The number of carbonyl (C=O) groups is 1. The normalized spacial score (nSPS) is 19.5. The van der Waals surface area contributed by atoms with Gasteiger partial charge < -0.3 is 19.8 Å². The lowest BCUT2D eigenvalue weighted by Crippen LogP contribution is -2.20. The van der Waals surface area contributed by atoms with Crippen LogP contribution in [0.4, 0.5) is 5.69 Å². The summed E-state index contributed by atoms with van der Waals surface area (Å²) in [6, 6.07) is 1.66. The topological polar surface area (TPSA) is 66.5 Å². The van der Waals surface area contributed by atoms with E-state index in [2.05, 4.69) is 6.92 Å². The molecule has 1 aliphatic heterocycles. The summed E-state index contributed by atoms with van der Waals surface area (Å²) in [5.41, 5.74) is 6.82. The monoisotopic (exact) mass is 238 g/mol. The Bertz CT molecular complexity index is 394. The van der Waals surface area contributed by atoms with Gasteiger partial charge in [0.15, 0.2) is 0 Å². The van der Waals surface area contributed by atoms with Crippen LogP contribution in [0.1, 0.15) is 30.3 Å². The van der Waals surface area contributed by atoms with Crippen molar-refractivity contribution in [3.05, 3.63) is 18.0 Å². The molecule has 0 aliphatic carbocycles. The third kappa shape index (κ3) is 2.79. The number of hydrogen-bond acceptors (Lipinski definition) is 4. The number of rotatable bonds is 4. The maximum atomic E-state index is 12.0. The van der Waals surface area contributed by atoms with Gasteiger partial charge in [-0.25, -0.2) is 4.79 Å². The lowest BCUT2D eigenvalue weighted by Gasteiger charge is -2.11. The number of nitrogens with zero attached hydrogens (tertiary/aromatic N) is 1. The van der Waals surface area contributed by atoms with E-state index in [0.29, 0.717) is 24.6 Å². The molecule has 2 N–H and O–H groups in total. The van der Waals surface area contributed by atoms with Gasteiger partial charge in [-0.1, -0.05) is 6.92 Å². The first-order valence-electron chi connectivity index (χ1n) is 5.95. The number of hydrogen-bond donors (Lipinski definition) is 1. The second-order valence-electron chi connectivity index (χ2n) is 4.24. The van der Waals surface area contributed by atoms with Crippen molar-refractivity contribution in [2.24, 2.45) is 0 Å². The average molecular weight is 238 g/mol. The third-order valence-electron chi connectivity index (χ3n) is 2.75. The molecule has 1 aromatic heterocycles. The largest absolute Gasteiger partial charge is 0.455 e. The fourth-order valence-corrected chi connectivity index (χ4v) is 1.95. The molecule has 94 valence electrons. The highest BCUT2D eigenvalue weighted by atomic mass is 16.6. The molecular formula is C12H18N2O3. The van der Waals surface area contributed by atoms with E-state index in [0.717, 1.165) is 19.4 Å². The van der Waals surface area contributed by atoms with Gasteiger partial charge in [0.25, 0.3) is 0 Å². The van der Waals surface area contributed by atoms with Crippen LogP contribution in [0.25, 0.3) is 0 Å². The molecular weight excluding hydrogens is 220 g/mol. The molecule has 5 nitrogen and oxygen atoms in total. The lowest BCUT2D eigenvalue weighted by molar-refractivity contribution is 0.0258. The van der Waals surface area contributed by atoms with Crippen LogP contribution in [-0.4, -0.2) is 29.9 Å². The molecule has 0 spiro atoms. The van der Waals surface area contributed by atoms with Crippen molar-refractivity contribution in [1.29, 1.82) is 0 Å². The van der Waals surface area contributed by atoms with Crippen LogP contribution in [0.2, 0.25) is 0 Å². The number of aryl methyl sites for hydroxylation is 1. The van der Waals surface area contributed by atoms with Gasteiger partial charge >= 0.3 is 5.97 Å². The van der Waals surface area contributed by atoms with Crippen molar-refractivity contribution in [2.75, 3.05) is 18.9 Å². The Morgan fingerprint density at radius 2 is 2.53 bits per heavy atom. The van der Waals surface area contributed by atoms with Crippen molar-refractivity contribution in [1.82, 2.24) is 4.57 Å². The van der Waals surface area contributed by atoms with Crippen molar-refractivity contribution < 1.29 is 14.3 Å². The Hall–Kier alpha value is -1.49. The minimum Gasteiger partial charge on any atom is -0.455 e. The number of nitrogens with two attached hydrogens (primary N) is 1. The lowest BCUT2D eigenvalue weighted by atomic mass is 10.3. The smallest absolute Gasteiger partial charge is 0.355 e. The van der Waals surface area contributed by atoms with Gasteiger partial charge in [-0.05, 0) is 12.5 Å².